The van der Waals surface area contributed by atoms with Crippen LogP contribution in [0.5, 0.6) is 0 Å². The Morgan fingerprint density at radius 1 is 1.26 bits per heavy atom. The zero-order valence-electron chi connectivity index (χ0n) is 14.1. The Balaban J connectivity index is 2.02. The molecule has 1 atom stereocenters. The molecule has 1 aliphatic carbocycles. The van der Waals surface area contributed by atoms with Gasteiger partial charge in [-0.1, -0.05) is 24.3 Å². The third kappa shape index (κ3) is 4.18. The third-order valence-electron chi connectivity index (χ3n) is 3.79. The van der Waals surface area contributed by atoms with Crippen LogP contribution in [-0.4, -0.2) is 41.8 Å². The van der Waals surface area contributed by atoms with Gasteiger partial charge in [0.25, 0.3) is 0 Å². The molecule has 0 saturated heterocycles. The van der Waals surface area contributed by atoms with Gasteiger partial charge < -0.3 is 9.64 Å². The Morgan fingerprint density at radius 2 is 1.91 bits per heavy atom. The second-order valence-electron chi connectivity index (χ2n) is 6.92. The molecule has 0 radical (unpaired) electrons. The summed E-state index contributed by atoms with van der Waals surface area (Å²) in [5, 5.41) is 0. The van der Waals surface area contributed by atoms with E-state index >= 15 is 0 Å². The molecule has 0 spiro atoms. The van der Waals surface area contributed by atoms with Gasteiger partial charge in [0, 0.05) is 12.6 Å². The van der Waals surface area contributed by atoms with E-state index in [0.717, 1.165) is 5.56 Å². The van der Waals surface area contributed by atoms with Crippen molar-refractivity contribution in [2.75, 3.05) is 13.6 Å². The van der Waals surface area contributed by atoms with Crippen LogP contribution in [0.1, 0.15) is 43.1 Å². The maximum absolute atomic E-state index is 12.5. The number of carbonyl (C=O) groups excluding carboxylic acids is 3. The van der Waals surface area contributed by atoms with E-state index in [9.17, 15) is 14.4 Å². The molecule has 124 valence electrons. The summed E-state index contributed by atoms with van der Waals surface area (Å²) >= 11 is 0. The predicted octanol–water partition coefficient (Wildman–Crippen LogP) is 2.87. The highest BCUT2D eigenvalue weighted by Crippen LogP contribution is 2.26. The normalized spacial score (nSPS) is 17.4. The van der Waals surface area contributed by atoms with Crippen molar-refractivity contribution in [1.82, 2.24) is 4.90 Å². The molecule has 2 rings (SSSR count). The van der Waals surface area contributed by atoms with Crippen LogP contribution in [0.25, 0.3) is 0 Å². The van der Waals surface area contributed by atoms with Crippen molar-refractivity contribution in [3.8, 4) is 0 Å². The highest BCUT2D eigenvalue weighted by molar-refractivity contribution is 6.12. The smallest absolute Gasteiger partial charge is 0.410 e. The van der Waals surface area contributed by atoms with Crippen LogP contribution in [-0.2, 0) is 16.0 Å². The maximum atomic E-state index is 12.5. The Kier molecular flexibility index (Phi) is 4.88. The summed E-state index contributed by atoms with van der Waals surface area (Å²) in [7, 11) is 1.51. The summed E-state index contributed by atoms with van der Waals surface area (Å²) in [6.45, 7) is 5.18. The minimum atomic E-state index is -0.671. The summed E-state index contributed by atoms with van der Waals surface area (Å²) in [5.41, 5.74) is 0.993. The van der Waals surface area contributed by atoms with Crippen molar-refractivity contribution in [3.05, 3.63) is 35.4 Å². The van der Waals surface area contributed by atoms with Crippen molar-refractivity contribution in [2.45, 2.75) is 39.2 Å². The van der Waals surface area contributed by atoms with Gasteiger partial charge in [-0.15, -0.1) is 0 Å². The largest absolute Gasteiger partial charge is 0.444 e. The predicted molar refractivity (Wildman–Crippen MR) is 86.5 cm³/mol. The van der Waals surface area contributed by atoms with E-state index in [1.165, 1.54) is 11.9 Å². The first-order valence-electron chi connectivity index (χ1n) is 7.78. The highest BCUT2D eigenvalue weighted by Gasteiger charge is 2.33. The van der Waals surface area contributed by atoms with E-state index in [1.807, 2.05) is 12.1 Å². The molecule has 0 heterocycles. The molecule has 0 aromatic heterocycles. The van der Waals surface area contributed by atoms with E-state index in [-0.39, 0.29) is 18.1 Å². The van der Waals surface area contributed by atoms with E-state index in [2.05, 4.69) is 0 Å². The maximum Gasteiger partial charge on any atom is 0.410 e. The van der Waals surface area contributed by atoms with E-state index in [0.29, 0.717) is 18.4 Å². The Bertz CT molecular complexity index is 630. The summed E-state index contributed by atoms with van der Waals surface area (Å²) in [6.07, 6.45) is 0.639. The van der Waals surface area contributed by atoms with Crippen LogP contribution in [0, 0.1) is 5.92 Å². The number of aryl methyl sites for hydroxylation is 1. The molecule has 1 unspecified atom stereocenters. The average Bonchev–Trinajstić information content (AvgIpc) is 2.46. The molecule has 0 N–H and O–H groups in total. The average molecular weight is 317 g/mol. The number of ether oxygens (including phenoxy) is 1. The van der Waals surface area contributed by atoms with Crippen LogP contribution >= 0.6 is 0 Å². The summed E-state index contributed by atoms with van der Waals surface area (Å²) < 4.78 is 5.22. The zero-order valence-corrected chi connectivity index (χ0v) is 14.1. The second-order valence-corrected chi connectivity index (χ2v) is 6.92. The van der Waals surface area contributed by atoms with Crippen LogP contribution in [0.15, 0.2) is 24.3 Å². The Morgan fingerprint density at radius 3 is 2.57 bits per heavy atom. The first kappa shape index (κ1) is 17.2. The fourth-order valence-electron chi connectivity index (χ4n) is 2.65. The van der Waals surface area contributed by atoms with Crippen LogP contribution in [0.3, 0.4) is 0 Å². The van der Waals surface area contributed by atoms with Crippen molar-refractivity contribution < 1.29 is 19.1 Å². The Labute approximate surface area is 136 Å². The molecule has 1 aromatic carbocycles. The molecule has 23 heavy (non-hydrogen) atoms. The van der Waals surface area contributed by atoms with Crippen LogP contribution < -0.4 is 0 Å². The van der Waals surface area contributed by atoms with Crippen molar-refractivity contribution >= 4 is 17.7 Å². The lowest BCUT2D eigenvalue weighted by Crippen LogP contribution is -2.41. The molecule has 1 aliphatic rings. The van der Waals surface area contributed by atoms with E-state index in [1.54, 1.807) is 32.9 Å². The van der Waals surface area contributed by atoms with E-state index in [4.69, 9.17) is 4.74 Å². The van der Waals surface area contributed by atoms with Gasteiger partial charge in [-0.05, 0) is 39.2 Å². The number of rotatable bonds is 3. The molecule has 0 bridgehead atoms. The monoisotopic (exact) mass is 317 g/mol. The van der Waals surface area contributed by atoms with Gasteiger partial charge in [0.2, 0.25) is 0 Å². The summed E-state index contributed by atoms with van der Waals surface area (Å²) in [6, 6.07) is 7.37. The van der Waals surface area contributed by atoms with Crippen LogP contribution in [0.2, 0.25) is 0 Å². The summed E-state index contributed by atoms with van der Waals surface area (Å²) in [5.74, 6) is -1.05. The number of likely N-dealkylation sites (N-methyl/N-ethyl adjacent to an activating group) is 1. The molecule has 5 nitrogen and oxygen atoms in total. The van der Waals surface area contributed by atoms with E-state index < -0.39 is 17.6 Å². The van der Waals surface area contributed by atoms with Gasteiger partial charge in [-0.3, -0.25) is 9.59 Å². The van der Waals surface area contributed by atoms with Crippen LogP contribution in [0.4, 0.5) is 4.79 Å². The minimum absolute atomic E-state index is 0.118. The number of nitrogens with zero attached hydrogens (tertiary/aromatic N) is 1. The third-order valence-corrected chi connectivity index (χ3v) is 3.79. The van der Waals surface area contributed by atoms with Gasteiger partial charge in [0.15, 0.2) is 11.6 Å². The fraction of sp³-hybridized carbons (Fsp3) is 0.500. The number of amides is 1. The number of hydrogen-bond acceptors (Lipinski definition) is 4. The number of fused-ring (bicyclic) bond motifs is 1. The van der Waals surface area contributed by atoms with Gasteiger partial charge >= 0.3 is 6.09 Å². The van der Waals surface area contributed by atoms with Gasteiger partial charge in [-0.2, -0.15) is 0 Å². The number of Topliss-reactive ketones (excluding diaryl/α,β-unsaturated/α-hetero) is 2. The number of benzene rings is 1. The first-order valence-corrected chi connectivity index (χ1v) is 7.78. The molecular formula is C18H23NO4. The number of carbonyl (C=O) groups is 3. The number of ketones is 2. The molecule has 0 saturated carbocycles. The summed E-state index contributed by atoms with van der Waals surface area (Å²) in [4.78, 5) is 38.1. The lowest BCUT2D eigenvalue weighted by atomic mass is 9.80. The molecule has 0 aliphatic heterocycles. The first-order chi connectivity index (χ1) is 10.7. The van der Waals surface area contributed by atoms with Crippen molar-refractivity contribution in [1.29, 1.82) is 0 Å². The standard InChI is InChI=1S/C18H23NO4/c1-18(2,3)23-17(22)19(4)11-15(20)14-10-9-12-7-5-6-8-13(12)16(14)21/h5-8,14H,9-11H2,1-4H3. The molecule has 1 amide bonds. The molecule has 0 fully saturated rings. The van der Waals surface area contributed by atoms with Gasteiger partial charge in [-0.25, -0.2) is 4.79 Å². The molecule has 5 heteroatoms. The quantitative estimate of drug-likeness (QED) is 0.804. The number of hydrogen-bond donors (Lipinski definition) is 0. The molecule has 1 aromatic rings. The highest BCUT2D eigenvalue weighted by atomic mass is 16.6. The minimum Gasteiger partial charge on any atom is -0.444 e. The lowest BCUT2D eigenvalue weighted by molar-refractivity contribution is -0.122. The van der Waals surface area contributed by atoms with Crippen molar-refractivity contribution in [2.24, 2.45) is 5.92 Å². The van der Waals surface area contributed by atoms with Crippen molar-refractivity contribution in [3.63, 3.8) is 0 Å². The molecular weight excluding hydrogens is 294 g/mol. The SMILES string of the molecule is CN(CC(=O)C1CCc2ccccc2C1=O)C(=O)OC(C)(C)C. The zero-order chi connectivity index (χ0) is 17.2. The Hall–Kier alpha value is -2.17. The lowest BCUT2D eigenvalue weighted by Gasteiger charge is -2.26. The van der Waals surface area contributed by atoms with Gasteiger partial charge in [0.1, 0.15) is 5.60 Å². The topological polar surface area (TPSA) is 63.7 Å². The van der Waals surface area contributed by atoms with Gasteiger partial charge in [0.05, 0.1) is 12.5 Å². The fourth-order valence-corrected chi connectivity index (χ4v) is 2.65. The second kappa shape index (κ2) is 6.52.